The first-order chi connectivity index (χ1) is 8.65. The highest BCUT2D eigenvalue weighted by molar-refractivity contribution is 9.10. The van der Waals surface area contributed by atoms with Crippen LogP contribution in [0.3, 0.4) is 0 Å². The Morgan fingerprint density at radius 3 is 2.89 bits per heavy atom. The van der Waals surface area contributed by atoms with Crippen LogP contribution in [0.2, 0.25) is 0 Å². The van der Waals surface area contributed by atoms with Crippen LogP contribution in [0.4, 0.5) is 0 Å². The number of pyridine rings is 1. The van der Waals surface area contributed by atoms with Gasteiger partial charge < -0.3 is 4.90 Å². The average Bonchev–Trinajstić information content (AvgIpc) is 2.55. The van der Waals surface area contributed by atoms with E-state index in [1.54, 1.807) is 0 Å². The van der Waals surface area contributed by atoms with Crippen LogP contribution in [-0.2, 0) is 6.42 Å². The molecule has 0 aliphatic carbocycles. The lowest BCUT2D eigenvalue weighted by Crippen LogP contribution is -2.31. The molecule has 0 aromatic carbocycles. The Labute approximate surface area is 119 Å². The Morgan fingerprint density at radius 1 is 1.33 bits per heavy atom. The van der Waals surface area contributed by atoms with E-state index in [1.165, 1.54) is 44.3 Å². The maximum atomic E-state index is 4.26. The van der Waals surface area contributed by atoms with Crippen LogP contribution in [0, 0.1) is 5.92 Å². The minimum Gasteiger partial charge on any atom is -0.301 e. The average molecular weight is 311 g/mol. The van der Waals surface area contributed by atoms with Gasteiger partial charge in [-0.15, -0.1) is 0 Å². The first-order valence-corrected chi connectivity index (χ1v) is 7.78. The quantitative estimate of drug-likeness (QED) is 0.842. The van der Waals surface area contributed by atoms with E-state index in [0.29, 0.717) is 6.04 Å². The molecule has 18 heavy (non-hydrogen) atoms. The number of hydrogen-bond donors (Lipinski definition) is 0. The molecule has 1 aliphatic rings. The van der Waals surface area contributed by atoms with Crippen LogP contribution < -0.4 is 0 Å². The minimum absolute atomic E-state index is 0.691. The predicted octanol–water partition coefficient (Wildman–Crippen LogP) is 3.90. The molecule has 3 heteroatoms. The van der Waals surface area contributed by atoms with Crippen molar-refractivity contribution in [3.8, 4) is 0 Å². The molecule has 1 aromatic heterocycles. The lowest BCUT2D eigenvalue weighted by atomic mass is 9.93. The molecule has 2 rings (SSSR count). The molecular weight excluding hydrogens is 288 g/mol. The van der Waals surface area contributed by atoms with Crippen molar-refractivity contribution in [3.63, 3.8) is 0 Å². The second-order valence-electron chi connectivity index (χ2n) is 5.64. The molecule has 0 amide bonds. The largest absolute Gasteiger partial charge is 0.301 e. The molecule has 0 N–H and O–H groups in total. The molecule has 0 radical (unpaired) electrons. The van der Waals surface area contributed by atoms with E-state index < -0.39 is 0 Å². The molecule has 1 aliphatic heterocycles. The van der Waals surface area contributed by atoms with Crippen LogP contribution in [-0.4, -0.2) is 29.0 Å². The Morgan fingerprint density at radius 2 is 2.17 bits per heavy atom. The molecule has 2 nitrogen and oxygen atoms in total. The Bertz CT molecular complexity index is 379. The van der Waals surface area contributed by atoms with Gasteiger partial charge in [0.25, 0.3) is 0 Å². The Kier molecular flexibility index (Phi) is 5.19. The maximum Gasteiger partial charge on any atom is 0.0410 e. The fraction of sp³-hybridized carbons (Fsp3) is 0.667. The van der Waals surface area contributed by atoms with Crippen molar-refractivity contribution in [1.29, 1.82) is 0 Å². The van der Waals surface area contributed by atoms with Crippen molar-refractivity contribution in [3.05, 3.63) is 28.5 Å². The van der Waals surface area contributed by atoms with Gasteiger partial charge in [-0.05, 0) is 86.1 Å². The predicted molar refractivity (Wildman–Crippen MR) is 79.7 cm³/mol. The van der Waals surface area contributed by atoms with Crippen molar-refractivity contribution >= 4 is 15.9 Å². The van der Waals surface area contributed by atoms with Gasteiger partial charge in [-0.1, -0.05) is 0 Å². The molecule has 0 spiro atoms. The van der Waals surface area contributed by atoms with Crippen molar-refractivity contribution < 1.29 is 0 Å². The molecular formula is C15H23BrN2. The van der Waals surface area contributed by atoms with Gasteiger partial charge in [-0.2, -0.15) is 0 Å². The fourth-order valence-electron chi connectivity index (χ4n) is 2.81. The third kappa shape index (κ3) is 4.06. The summed E-state index contributed by atoms with van der Waals surface area (Å²) in [6.07, 6.45) is 9.07. The summed E-state index contributed by atoms with van der Waals surface area (Å²) in [5.41, 5.74) is 1.37. The lowest BCUT2D eigenvalue weighted by Gasteiger charge is -2.24. The summed E-state index contributed by atoms with van der Waals surface area (Å²) in [5, 5.41) is 0. The topological polar surface area (TPSA) is 16.1 Å². The van der Waals surface area contributed by atoms with E-state index in [0.717, 1.165) is 10.4 Å². The van der Waals surface area contributed by atoms with E-state index >= 15 is 0 Å². The summed E-state index contributed by atoms with van der Waals surface area (Å²) in [6.45, 7) is 7.13. The smallest absolute Gasteiger partial charge is 0.0410 e. The van der Waals surface area contributed by atoms with Crippen molar-refractivity contribution in [2.45, 2.75) is 45.6 Å². The standard InChI is InChI=1S/C15H23BrN2/c1-12(2)18-6-3-4-13(5-7-18)8-14-9-15(16)11-17-10-14/h9-13H,3-8H2,1-2H3. The number of aromatic nitrogens is 1. The van der Waals surface area contributed by atoms with Crippen molar-refractivity contribution in [2.75, 3.05) is 13.1 Å². The number of halogens is 1. The summed E-state index contributed by atoms with van der Waals surface area (Å²) in [6, 6.07) is 2.90. The van der Waals surface area contributed by atoms with Gasteiger partial charge in [0.2, 0.25) is 0 Å². The van der Waals surface area contributed by atoms with E-state index in [1.807, 2.05) is 12.4 Å². The molecule has 1 saturated heterocycles. The second-order valence-corrected chi connectivity index (χ2v) is 6.56. The van der Waals surface area contributed by atoms with Gasteiger partial charge in [-0.25, -0.2) is 0 Å². The van der Waals surface area contributed by atoms with Gasteiger partial charge in [-0.3, -0.25) is 4.98 Å². The molecule has 0 bridgehead atoms. The third-order valence-electron chi connectivity index (χ3n) is 3.90. The highest BCUT2D eigenvalue weighted by Crippen LogP contribution is 2.23. The lowest BCUT2D eigenvalue weighted by molar-refractivity contribution is 0.228. The summed E-state index contributed by atoms with van der Waals surface area (Å²) in [5.74, 6) is 0.824. The molecule has 1 fully saturated rings. The zero-order valence-electron chi connectivity index (χ0n) is 11.4. The van der Waals surface area contributed by atoms with Crippen LogP contribution in [0.15, 0.2) is 22.9 Å². The SMILES string of the molecule is CC(C)N1CCCC(Cc2cncc(Br)c2)CC1. The zero-order chi connectivity index (χ0) is 13.0. The van der Waals surface area contributed by atoms with E-state index in [9.17, 15) is 0 Å². The van der Waals surface area contributed by atoms with Gasteiger partial charge in [0, 0.05) is 22.9 Å². The van der Waals surface area contributed by atoms with Gasteiger partial charge in [0.05, 0.1) is 0 Å². The van der Waals surface area contributed by atoms with E-state index in [4.69, 9.17) is 0 Å². The van der Waals surface area contributed by atoms with E-state index in [-0.39, 0.29) is 0 Å². The Balaban J connectivity index is 1.91. The number of hydrogen-bond acceptors (Lipinski definition) is 2. The molecule has 1 unspecified atom stereocenters. The Hall–Kier alpha value is -0.410. The van der Waals surface area contributed by atoms with Gasteiger partial charge >= 0.3 is 0 Å². The minimum atomic E-state index is 0.691. The van der Waals surface area contributed by atoms with Crippen molar-refractivity contribution in [1.82, 2.24) is 9.88 Å². The molecule has 1 atom stereocenters. The van der Waals surface area contributed by atoms with Crippen LogP contribution >= 0.6 is 15.9 Å². The van der Waals surface area contributed by atoms with Gasteiger partial charge in [0.1, 0.15) is 0 Å². The first kappa shape index (κ1) is 14.0. The summed E-state index contributed by atoms with van der Waals surface area (Å²) in [7, 11) is 0. The highest BCUT2D eigenvalue weighted by atomic mass is 79.9. The molecule has 100 valence electrons. The van der Waals surface area contributed by atoms with Crippen molar-refractivity contribution in [2.24, 2.45) is 5.92 Å². The van der Waals surface area contributed by atoms with Crippen LogP contribution in [0.1, 0.15) is 38.7 Å². The molecule has 1 aromatic rings. The van der Waals surface area contributed by atoms with Gasteiger partial charge in [0.15, 0.2) is 0 Å². The highest BCUT2D eigenvalue weighted by Gasteiger charge is 2.18. The summed E-state index contributed by atoms with van der Waals surface area (Å²) >= 11 is 3.50. The zero-order valence-corrected chi connectivity index (χ0v) is 13.0. The van der Waals surface area contributed by atoms with Crippen LogP contribution in [0.25, 0.3) is 0 Å². The number of likely N-dealkylation sites (tertiary alicyclic amines) is 1. The summed E-state index contributed by atoms with van der Waals surface area (Å²) in [4.78, 5) is 6.87. The van der Waals surface area contributed by atoms with Crippen LogP contribution in [0.5, 0.6) is 0 Å². The third-order valence-corrected chi connectivity index (χ3v) is 4.33. The maximum absolute atomic E-state index is 4.26. The summed E-state index contributed by atoms with van der Waals surface area (Å²) < 4.78 is 1.09. The number of nitrogens with zero attached hydrogens (tertiary/aromatic N) is 2. The fourth-order valence-corrected chi connectivity index (χ4v) is 3.22. The monoisotopic (exact) mass is 310 g/mol. The first-order valence-electron chi connectivity index (χ1n) is 6.98. The molecule has 2 heterocycles. The normalized spacial score (nSPS) is 22.1. The number of rotatable bonds is 3. The second kappa shape index (κ2) is 6.67. The van der Waals surface area contributed by atoms with E-state index in [2.05, 4.69) is 45.7 Å². The molecule has 0 saturated carbocycles.